The molecule has 0 amide bonds. The second-order valence-corrected chi connectivity index (χ2v) is 4.02. The smallest absolute Gasteiger partial charge is 0.330 e. The van der Waals surface area contributed by atoms with Gasteiger partial charge in [0.05, 0.1) is 11.1 Å². The number of carbonyl (C=O) groups is 1. The van der Waals surface area contributed by atoms with Crippen LogP contribution in [0.1, 0.15) is 11.6 Å². The number of carboxylic acid groups (broad SMARTS) is 1. The van der Waals surface area contributed by atoms with Gasteiger partial charge < -0.3 is 10.4 Å². The summed E-state index contributed by atoms with van der Waals surface area (Å²) < 4.78 is 1.48. The molecule has 0 saturated carbocycles. The fourth-order valence-corrected chi connectivity index (χ4v) is 1.60. The van der Waals surface area contributed by atoms with E-state index in [9.17, 15) is 20.0 Å². The third kappa shape index (κ3) is 2.88. The SMILES string of the molecule is Cn1cc(C(Nc2ccc([N+](=O)[O-])cn2)C(=O)O)cn1. The van der Waals surface area contributed by atoms with Crippen molar-refractivity contribution in [3.05, 3.63) is 46.4 Å². The van der Waals surface area contributed by atoms with E-state index in [2.05, 4.69) is 15.4 Å². The van der Waals surface area contributed by atoms with Crippen molar-refractivity contribution in [1.82, 2.24) is 14.8 Å². The lowest BCUT2D eigenvalue weighted by molar-refractivity contribution is -0.385. The molecule has 2 aromatic heterocycles. The molecule has 1 unspecified atom stereocenters. The summed E-state index contributed by atoms with van der Waals surface area (Å²) in [7, 11) is 1.67. The van der Waals surface area contributed by atoms with E-state index in [0.29, 0.717) is 5.56 Å². The number of hydrogen-bond acceptors (Lipinski definition) is 6. The number of anilines is 1. The number of aliphatic carboxylic acids is 1. The van der Waals surface area contributed by atoms with E-state index in [4.69, 9.17) is 0 Å². The fraction of sp³-hybridized carbons (Fsp3) is 0.182. The molecule has 2 aromatic rings. The Kier molecular flexibility index (Phi) is 3.60. The average molecular weight is 277 g/mol. The number of nitrogens with zero attached hydrogens (tertiary/aromatic N) is 4. The maximum atomic E-state index is 11.3. The third-order valence-corrected chi connectivity index (χ3v) is 2.56. The Morgan fingerprint density at radius 3 is 2.70 bits per heavy atom. The van der Waals surface area contributed by atoms with E-state index in [0.717, 1.165) is 6.20 Å². The minimum absolute atomic E-state index is 0.163. The van der Waals surface area contributed by atoms with E-state index in [1.54, 1.807) is 13.2 Å². The molecule has 20 heavy (non-hydrogen) atoms. The van der Waals surface area contributed by atoms with Crippen LogP contribution in [0.5, 0.6) is 0 Å². The van der Waals surface area contributed by atoms with Crippen molar-refractivity contribution in [2.45, 2.75) is 6.04 Å². The molecule has 9 nitrogen and oxygen atoms in total. The Morgan fingerprint density at radius 1 is 1.50 bits per heavy atom. The maximum Gasteiger partial charge on any atom is 0.330 e. The van der Waals surface area contributed by atoms with Crippen molar-refractivity contribution in [2.24, 2.45) is 7.05 Å². The molecule has 1 atom stereocenters. The topological polar surface area (TPSA) is 123 Å². The fourth-order valence-electron chi connectivity index (χ4n) is 1.60. The first-order chi connectivity index (χ1) is 9.47. The highest BCUT2D eigenvalue weighted by atomic mass is 16.6. The summed E-state index contributed by atoms with van der Waals surface area (Å²) in [5, 5.41) is 26.3. The summed E-state index contributed by atoms with van der Waals surface area (Å²) >= 11 is 0. The van der Waals surface area contributed by atoms with E-state index >= 15 is 0 Å². The minimum atomic E-state index is -1.10. The summed E-state index contributed by atoms with van der Waals surface area (Å²) in [6, 6.07) is 1.57. The molecule has 9 heteroatoms. The lowest BCUT2D eigenvalue weighted by Crippen LogP contribution is -2.20. The second kappa shape index (κ2) is 5.34. The first-order valence-corrected chi connectivity index (χ1v) is 5.55. The Hall–Kier alpha value is -2.97. The van der Waals surface area contributed by atoms with Crippen molar-refractivity contribution in [2.75, 3.05) is 5.32 Å². The van der Waals surface area contributed by atoms with Gasteiger partial charge in [-0.05, 0) is 6.07 Å². The molecule has 0 fully saturated rings. The van der Waals surface area contributed by atoms with Gasteiger partial charge in [0, 0.05) is 24.9 Å². The van der Waals surface area contributed by atoms with Crippen molar-refractivity contribution in [1.29, 1.82) is 0 Å². The van der Waals surface area contributed by atoms with E-state index in [1.807, 2.05) is 0 Å². The first kappa shape index (κ1) is 13.5. The number of hydrogen-bond donors (Lipinski definition) is 2. The van der Waals surface area contributed by atoms with Crippen molar-refractivity contribution < 1.29 is 14.8 Å². The monoisotopic (exact) mass is 277 g/mol. The number of nitrogens with one attached hydrogen (secondary N) is 1. The first-order valence-electron chi connectivity index (χ1n) is 5.55. The van der Waals surface area contributed by atoms with Gasteiger partial charge >= 0.3 is 5.97 Å². The van der Waals surface area contributed by atoms with Crippen LogP contribution in [-0.4, -0.2) is 30.8 Å². The predicted molar refractivity (Wildman–Crippen MR) is 68.1 cm³/mol. The molecular weight excluding hydrogens is 266 g/mol. The molecule has 2 rings (SSSR count). The Bertz CT molecular complexity index is 637. The van der Waals surface area contributed by atoms with E-state index < -0.39 is 16.9 Å². The van der Waals surface area contributed by atoms with Gasteiger partial charge in [-0.1, -0.05) is 0 Å². The predicted octanol–water partition coefficient (Wildman–Crippen LogP) is 0.961. The van der Waals surface area contributed by atoms with Crippen LogP contribution in [-0.2, 0) is 11.8 Å². The van der Waals surface area contributed by atoms with Gasteiger partial charge in [0.2, 0.25) is 0 Å². The van der Waals surface area contributed by atoms with Crippen LogP contribution < -0.4 is 5.32 Å². The van der Waals surface area contributed by atoms with Gasteiger partial charge in [0.25, 0.3) is 5.69 Å². The molecular formula is C11H11N5O4. The normalized spacial score (nSPS) is 11.8. The van der Waals surface area contributed by atoms with Crippen LogP contribution >= 0.6 is 0 Å². The van der Waals surface area contributed by atoms with Crippen molar-refractivity contribution in [3.8, 4) is 0 Å². The lowest BCUT2D eigenvalue weighted by Gasteiger charge is -2.13. The minimum Gasteiger partial charge on any atom is -0.479 e. The van der Waals surface area contributed by atoms with E-state index in [1.165, 1.54) is 23.0 Å². The summed E-state index contributed by atoms with van der Waals surface area (Å²) in [4.78, 5) is 25.0. The molecule has 0 aliphatic rings. The van der Waals surface area contributed by atoms with Gasteiger partial charge in [-0.3, -0.25) is 14.8 Å². The van der Waals surface area contributed by atoms with Crippen LogP contribution in [0.2, 0.25) is 0 Å². The third-order valence-electron chi connectivity index (χ3n) is 2.56. The van der Waals surface area contributed by atoms with Gasteiger partial charge in [0.1, 0.15) is 12.0 Å². The van der Waals surface area contributed by atoms with Gasteiger partial charge in [-0.15, -0.1) is 0 Å². The molecule has 0 radical (unpaired) electrons. The number of carboxylic acids is 1. The summed E-state index contributed by atoms with van der Waals surface area (Å²) in [5.74, 6) is -0.870. The van der Waals surface area contributed by atoms with Crippen LogP contribution in [0.15, 0.2) is 30.7 Å². The molecule has 0 bridgehead atoms. The number of rotatable bonds is 5. The Balaban J connectivity index is 2.20. The number of nitro groups is 1. The molecule has 104 valence electrons. The largest absolute Gasteiger partial charge is 0.479 e. The zero-order chi connectivity index (χ0) is 14.7. The molecule has 0 aliphatic heterocycles. The zero-order valence-corrected chi connectivity index (χ0v) is 10.4. The quantitative estimate of drug-likeness (QED) is 0.616. The summed E-state index contributed by atoms with van der Waals surface area (Å²) in [5.41, 5.74) is 0.295. The van der Waals surface area contributed by atoms with Crippen molar-refractivity contribution >= 4 is 17.5 Å². The highest BCUT2D eigenvalue weighted by Gasteiger charge is 2.21. The highest BCUT2D eigenvalue weighted by Crippen LogP contribution is 2.19. The molecule has 2 N–H and O–H groups in total. The van der Waals surface area contributed by atoms with Crippen molar-refractivity contribution in [3.63, 3.8) is 0 Å². The molecule has 0 aromatic carbocycles. The van der Waals surface area contributed by atoms with Crippen LogP contribution in [0.25, 0.3) is 0 Å². The second-order valence-electron chi connectivity index (χ2n) is 4.02. The average Bonchev–Trinajstić information content (AvgIpc) is 2.82. The lowest BCUT2D eigenvalue weighted by atomic mass is 10.1. The zero-order valence-electron chi connectivity index (χ0n) is 10.4. The molecule has 0 aliphatic carbocycles. The van der Waals surface area contributed by atoms with Gasteiger partial charge in [0.15, 0.2) is 6.04 Å². The van der Waals surface area contributed by atoms with Gasteiger partial charge in [-0.2, -0.15) is 5.10 Å². The van der Waals surface area contributed by atoms with Crippen LogP contribution in [0.4, 0.5) is 11.5 Å². The number of aryl methyl sites for hydroxylation is 1. The molecule has 0 spiro atoms. The van der Waals surface area contributed by atoms with Crippen LogP contribution in [0.3, 0.4) is 0 Å². The molecule has 2 heterocycles. The number of aromatic nitrogens is 3. The molecule has 0 saturated heterocycles. The van der Waals surface area contributed by atoms with Gasteiger partial charge in [-0.25, -0.2) is 9.78 Å². The maximum absolute atomic E-state index is 11.3. The number of pyridine rings is 1. The van der Waals surface area contributed by atoms with Crippen LogP contribution in [0, 0.1) is 10.1 Å². The summed E-state index contributed by atoms with van der Waals surface area (Å²) in [6.45, 7) is 0. The van der Waals surface area contributed by atoms with E-state index in [-0.39, 0.29) is 11.5 Å². The Morgan fingerprint density at radius 2 is 2.25 bits per heavy atom. The highest BCUT2D eigenvalue weighted by molar-refractivity contribution is 5.78. The summed E-state index contributed by atoms with van der Waals surface area (Å²) in [6.07, 6.45) is 4.05. The Labute approximate surface area is 113 Å². The standard InChI is InChI=1S/C11H11N5O4/c1-15-6-7(4-13-15)10(11(17)18)14-9-3-2-8(5-12-9)16(19)20/h2-6,10H,1H3,(H,12,14)(H,17,18).